The average molecular weight is 220 g/mol. The fourth-order valence-corrected chi connectivity index (χ4v) is 2.40. The molecule has 0 spiro atoms. The minimum absolute atomic E-state index is 0.148. The van der Waals surface area contributed by atoms with Crippen molar-refractivity contribution in [3.05, 3.63) is 35.2 Å². The molecule has 1 aromatic carbocycles. The van der Waals surface area contributed by atoms with Gasteiger partial charge in [0.15, 0.2) is 0 Å². The SMILES string of the molecule is CNC(=O)NCc1csc2ccccc12. The summed E-state index contributed by atoms with van der Waals surface area (Å²) in [7, 11) is 1.61. The van der Waals surface area contributed by atoms with Crippen LogP contribution in [0.15, 0.2) is 29.6 Å². The standard InChI is InChI=1S/C11H12N2OS/c1-12-11(14)13-6-8-7-15-10-5-3-2-4-9(8)10/h2-5,7H,6H2,1H3,(H2,12,13,14). The second-order valence-electron chi connectivity index (χ2n) is 3.19. The van der Waals surface area contributed by atoms with Gasteiger partial charge < -0.3 is 10.6 Å². The zero-order chi connectivity index (χ0) is 10.7. The highest BCUT2D eigenvalue weighted by molar-refractivity contribution is 7.17. The van der Waals surface area contributed by atoms with Crippen LogP contribution in [0.3, 0.4) is 0 Å². The molecule has 0 saturated heterocycles. The molecule has 0 radical (unpaired) electrons. The average Bonchev–Trinajstić information content (AvgIpc) is 2.69. The number of carbonyl (C=O) groups is 1. The van der Waals surface area contributed by atoms with E-state index in [4.69, 9.17) is 0 Å². The number of urea groups is 1. The van der Waals surface area contributed by atoms with Gasteiger partial charge in [0.05, 0.1) is 0 Å². The summed E-state index contributed by atoms with van der Waals surface area (Å²) in [5.74, 6) is 0. The van der Waals surface area contributed by atoms with Gasteiger partial charge in [-0.1, -0.05) is 18.2 Å². The van der Waals surface area contributed by atoms with Crippen molar-refractivity contribution in [2.75, 3.05) is 7.05 Å². The van der Waals surface area contributed by atoms with Gasteiger partial charge in [0.25, 0.3) is 0 Å². The lowest BCUT2D eigenvalue weighted by molar-refractivity contribution is 0.242. The molecular formula is C11H12N2OS. The number of hydrogen-bond donors (Lipinski definition) is 2. The van der Waals surface area contributed by atoms with Crippen LogP contribution in [0, 0.1) is 0 Å². The van der Waals surface area contributed by atoms with Crippen LogP contribution in [0.1, 0.15) is 5.56 Å². The minimum Gasteiger partial charge on any atom is -0.341 e. The third kappa shape index (κ3) is 2.10. The van der Waals surface area contributed by atoms with E-state index in [1.807, 2.05) is 12.1 Å². The first-order valence-corrected chi connectivity index (χ1v) is 5.60. The Morgan fingerprint density at radius 2 is 2.20 bits per heavy atom. The number of carbonyl (C=O) groups excluding carboxylic acids is 1. The van der Waals surface area contributed by atoms with Gasteiger partial charge in [-0.05, 0) is 22.4 Å². The number of rotatable bonds is 2. The van der Waals surface area contributed by atoms with Crippen molar-refractivity contribution in [2.24, 2.45) is 0 Å². The van der Waals surface area contributed by atoms with Gasteiger partial charge in [-0.3, -0.25) is 0 Å². The monoisotopic (exact) mass is 220 g/mol. The molecule has 4 heteroatoms. The smallest absolute Gasteiger partial charge is 0.314 e. The Morgan fingerprint density at radius 1 is 1.40 bits per heavy atom. The van der Waals surface area contributed by atoms with Crippen LogP contribution in [0.4, 0.5) is 4.79 Å². The van der Waals surface area contributed by atoms with Gasteiger partial charge in [0.2, 0.25) is 0 Å². The fourth-order valence-electron chi connectivity index (χ4n) is 1.43. The molecule has 0 aliphatic rings. The van der Waals surface area contributed by atoms with E-state index >= 15 is 0 Å². The van der Waals surface area contributed by atoms with E-state index in [1.165, 1.54) is 15.6 Å². The third-order valence-electron chi connectivity index (χ3n) is 2.23. The van der Waals surface area contributed by atoms with Gasteiger partial charge in [-0.15, -0.1) is 11.3 Å². The molecule has 2 amide bonds. The Bertz CT molecular complexity index is 478. The predicted molar refractivity (Wildman–Crippen MR) is 63.1 cm³/mol. The fraction of sp³-hybridized carbons (Fsp3) is 0.182. The van der Waals surface area contributed by atoms with Gasteiger partial charge in [0.1, 0.15) is 0 Å². The highest BCUT2D eigenvalue weighted by atomic mass is 32.1. The van der Waals surface area contributed by atoms with Crippen molar-refractivity contribution in [2.45, 2.75) is 6.54 Å². The predicted octanol–water partition coefficient (Wildman–Crippen LogP) is 2.33. The maximum absolute atomic E-state index is 11.0. The van der Waals surface area contributed by atoms with E-state index in [9.17, 15) is 4.79 Å². The Kier molecular flexibility index (Phi) is 2.87. The largest absolute Gasteiger partial charge is 0.341 e. The molecule has 2 rings (SSSR count). The van der Waals surface area contributed by atoms with Crippen molar-refractivity contribution in [3.8, 4) is 0 Å². The Balaban J connectivity index is 2.18. The second kappa shape index (κ2) is 4.31. The third-order valence-corrected chi connectivity index (χ3v) is 3.24. The van der Waals surface area contributed by atoms with E-state index in [2.05, 4.69) is 28.1 Å². The lowest BCUT2D eigenvalue weighted by Crippen LogP contribution is -2.31. The summed E-state index contributed by atoms with van der Waals surface area (Å²) >= 11 is 1.70. The van der Waals surface area contributed by atoms with Crippen molar-refractivity contribution in [3.63, 3.8) is 0 Å². The zero-order valence-electron chi connectivity index (χ0n) is 8.41. The highest BCUT2D eigenvalue weighted by Crippen LogP contribution is 2.25. The summed E-state index contributed by atoms with van der Waals surface area (Å²) in [6, 6.07) is 8.05. The summed E-state index contributed by atoms with van der Waals surface area (Å²) in [6.45, 7) is 0.573. The molecule has 78 valence electrons. The number of thiophene rings is 1. The van der Waals surface area contributed by atoms with Crippen LogP contribution in [-0.2, 0) is 6.54 Å². The summed E-state index contributed by atoms with van der Waals surface area (Å²) in [4.78, 5) is 11.0. The van der Waals surface area contributed by atoms with Crippen molar-refractivity contribution < 1.29 is 4.79 Å². The van der Waals surface area contributed by atoms with Gasteiger partial charge >= 0.3 is 6.03 Å². The molecule has 2 aromatic rings. The number of fused-ring (bicyclic) bond motifs is 1. The number of nitrogens with one attached hydrogen (secondary N) is 2. The quantitative estimate of drug-likeness (QED) is 0.801. The van der Waals surface area contributed by atoms with Gasteiger partial charge in [0, 0.05) is 18.3 Å². The molecule has 15 heavy (non-hydrogen) atoms. The molecule has 3 nitrogen and oxygen atoms in total. The number of hydrogen-bond acceptors (Lipinski definition) is 2. The maximum atomic E-state index is 11.0. The summed E-state index contributed by atoms with van der Waals surface area (Å²) in [5.41, 5.74) is 1.17. The first kappa shape index (κ1) is 9.98. The van der Waals surface area contributed by atoms with Gasteiger partial charge in [-0.2, -0.15) is 0 Å². The van der Waals surface area contributed by atoms with Crippen LogP contribution in [0.2, 0.25) is 0 Å². The van der Waals surface area contributed by atoms with Crippen molar-refractivity contribution in [1.82, 2.24) is 10.6 Å². The minimum atomic E-state index is -0.148. The molecule has 0 saturated carbocycles. The molecule has 2 N–H and O–H groups in total. The van der Waals surface area contributed by atoms with Crippen LogP contribution in [0.5, 0.6) is 0 Å². The normalized spacial score (nSPS) is 10.2. The number of benzene rings is 1. The second-order valence-corrected chi connectivity index (χ2v) is 4.10. The summed E-state index contributed by atoms with van der Waals surface area (Å²) < 4.78 is 1.26. The van der Waals surface area contributed by atoms with Gasteiger partial charge in [-0.25, -0.2) is 4.79 Å². The molecule has 0 aliphatic carbocycles. The van der Waals surface area contributed by atoms with Crippen LogP contribution < -0.4 is 10.6 Å². The highest BCUT2D eigenvalue weighted by Gasteiger charge is 2.03. The topological polar surface area (TPSA) is 41.1 Å². The van der Waals surface area contributed by atoms with E-state index < -0.39 is 0 Å². The zero-order valence-corrected chi connectivity index (χ0v) is 9.23. The molecule has 0 atom stereocenters. The van der Waals surface area contributed by atoms with E-state index in [-0.39, 0.29) is 6.03 Å². The Morgan fingerprint density at radius 3 is 3.00 bits per heavy atom. The van der Waals surface area contributed by atoms with Crippen molar-refractivity contribution >= 4 is 27.5 Å². The first-order valence-electron chi connectivity index (χ1n) is 4.72. The lowest BCUT2D eigenvalue weighted by atomic mass is 10.2. The van der Waals surface area contributed by atoms with Crippen molar-refractivity contribution in [1.29, 1.82) is 0 Å². The first-order chi connectivity index (χ1) is 7.31. The molecule has 1 heterocycles. The molecule has 1 aromatic heterocycles. The maximum Gasteiger partial charge on any atom is 0.314 e. The molecule has 0 aliphatic heterocycles. The Labute approximate surface area is 92.1 Å². The molecule has 0 unspecified atom stereocenters. The molecule has 0 bridgehead atoms. The Hall–Kier alpha value is -1.55. The summed E-state index contributed by atoms with van der Waals surface area (Å²) in [5, 5.41) is 8.62. The van der Waals surface area contributed by atoms with Crippen LogP contribution >= 0.6 is 11.3 Å². The molecule has 0 fully saturated rings. The number of amides is 2. The lowest BCUT2D eigenvalue weighted by Gasteiger charge is -2.02. The van der Waals surface area contributed by atoms with E-state index in [1.54, 1.807) is 18.4 Å². The van der Waals surface area contributed by atoms with E-state index in [0.29, 0.717) is 6.54 Å². The van der Waals surface area contributed by atoms with Crippen LogP contribution in [0.25, 0.3) is 10.1 Å². The van der Waals surface area contributed by atoms with Crippen LogP contribution in [-0.4, -0.2) is 13.1 Å². The van der Waals surface area contributed by atoms with E-state index in [0.717, 1.165) is 0 Å². The summed E-state index contributed by atoms with van der Waals surface area (Å²) in [6.07, 6.45) is 0. The molecular weight excluding hydrogens is 208 g/mol.